The van der Waals surface area contributed by atoms with E-state index in [2.05, 4.69) is 22.3 Å². The predicted molar refractivity (Wildman–Crippen MR) is 136 cm³/mol. The van der Waals surface area contributed by atoms with Gasteiger partial charge in [0, 0.05) is 33.7 Å². The van der Waals surface area contributed by atoms with Gasteiger partial charge in [0.1, 0.15) is 0 Å². The average Bonchev–Trinajstić information content (AvgIpc) is 3.08. The van der Waals surface area contributed by atoms with Gasteiger partial charge >= 0.3 is 0 Å². The van der Waals surface area contributed by atoms with Crippen LogP contribution in [0.1, 0.15) is 55.2 Å². The van der Waals surface area contributed by atoms with Gasteiger partial charge in [-0.15, -0.1) is 0 Å². The Morgan fingerprint density at radius 3 is 2.45 bits per heavy atom. The first-order chi connectivity index (χ1) is 15.6. The maximum absolute atomic E-state index is 13.0. The second-order valence-corrected chi connectivity index (χ2v) is 9.65. The predicted octanol–water partition coefficient (Wildman–Crippen LogP) is 5.77. The molecule has 5 nitrogen and oxygen atoms in total. The molecule has 3 N–H and O–H groups in total. The SMILES string of the molecule is Cc1c(C(=O)NC(C)(C)C)nn(-c2ccc(C#CCCCN)cc2Cl)c1-c1ccc(Cl)cc1. The second kappa shape index (κ2) is 10.4. The van der Waals surface area contributed by atoms with Crippen molar-refractivity contribution < 1.29 is 4.79 Å². The molecule has 172 valence electrons. The van der Waals surface area contributed by atoms with Crippen LogP contribution in [-0.4, -0.2) is 27.8 Å². The Morgan fingerprint density at radius 2 is 1.85 bits per heavy atom. The number of halogens is 2. The highest BCUT2D eigenvalue weighted by Gasteiger charge is 2.25. The third-order valence-electron chi connectivity index (χ3n) is 4.86. The van der Waals surface area contributed by atoms with Gasteiger partial charge in [-0.1, -0.05) is 47.2 Å². The van der Waals surface area contributed by atoms with Crippen LogP contribution in [0.3, 0.4) is 0 Å². The highest BCUT2D eigenvalue weighted by Crippen LogP contribution is 2.32. The Labute approximate surface area is 205 Å². The molecule has 0 unspecified atom stereocenters. The zero-order valence-corrected chi connectivity index (χ0v) is 20.8. The van der Waals surface area contributed by atoms with Gasteiger partial charge in [-0.05, 0) is 71.0 Å². The third kappa shape index (κ3) is 6.17. The normalized spacial score (nSPS) is 11.1. The van der Waals surface area contributed by atoms with Crippen LogP contribution in [-0.2, 0) is 0 Å². The van der Waals surface area contributed by atoms with E-state index in [0.717, 1.165) is 35.2 Å². The molecule has 0 spiro atoms. The van der Waals surface area contributed by atoms with Crippen molar-refractivity contribution in [3.63, 3.8) is 0 Å². The number of rotatable bonds is 5. The van der Waals surface area contributed by atoms with Crippen LogP contribution in [0.2, 0.25) is 10.0 Å². The number of amides is 1. The van der Waals surface area contributed by atoms with E-state index in [0.29, 0.717) is 28.0 Å². The van der Waals surface area contributed by atoms with E-state index in [4.69, 9.17) is 28.9 Å². The molecule has 0 aliphatic heterocycles. The van der Waals surface area contributed by atoms with Crippen LogP contribution in [0.15, 0.2) is 42.5 Å². The van der Waals surface area contributed by atoms with Crippen LogP contribution >= 0.6 is 23.2 Å². The Kier molecular flexibility index (Phi) is 7.86. The first kappa shape index (κ1) is 24.9. The lowest BCUT2D eigenvalue weighted by atomic mass is 10.0. The summed E-state index contributed by atoms with van der Waals surface area (Å²) in [4.78, 5) is 13.0. The first-order valence-electron chi connectivity index (χ1n) is 10.8. The number of nitrogens with two attached hydrogens (primary N) is 1. The number of hydrogen-bond acceptors (Lipinski definition) is 3. The largest absolute Gasteiger partial charge is 0.346 e. The lowest BCUT2D eigenvalue weighted by molar-refractivity contribution is 0.0913. The zero-order chi connectivity index (χ0) is 24.2. The molecule has 0 aliphatic rings. The van der Waals surface area contributed by atoms with E-state index in [1.54, 1.807) is 4.68 Å². The number of unbranched alkanes of at least 4 members (excludes halogenated alkanes) is 1. The molecule has 0 atom stereocenters. The number of carbonyl (C=O) groups is 1. The topological polar surface area (TPSA) is 72.9 Å². The summed E-state index contributed by atoms with van der Waals surface area (Å²) in [6.07, 6.45) is 1.59. The fourth-order valence-corrected chi connectivity index (χ4v) is 3.73. The molecule has 7 heteroatoms. The summed E-state index contributed by atoms with van der Waals surface area (Å²) < 4.78 is 1.71. The van der Waals surface area contributed by atoms with E-state index in [9.17, 15) is 4.79 Å². The lowest BCUT2D eigenvalue weighted by Gasteiger charge is -2.19. The molecular weight excluding hydrogens is 455 g/mol. The monoisotopic (exact) mass is 482 g/mol. The minimum atomic E-state index is -0.393. The molecule has 0 saturated heterocycles. The summed E-state index contributed by atoms with van der Waals surface area (Å²) in [5, 5.41) is 8.78. The first-order valence-corrected chi connectivity index (χ1v) is 11.5. The number of hydrogen-bond donors (Lipinski definition) is 2. The minimum absolute atomic E-state index is 0.243. The maximum Gasteiger partial charge on any atom is 0.272 e. The molecule has 3 aromatic rings. The molecule has 1 heterocycles. The quantitative estimate of drug-likeness (QED) is 0.357. The van der Waals surface area contributed by atoms with Gasteiger partial charge in [-0.25, -0.2) is 4.68 Å². The summed E-state index contributed by atoms with van der Waals surface area (Å²) in [7, 11) is 0. The van der Waals surface area contributed by atoms with Crippen molar-refractivity contribution >= 4 is 29.1 Å². The lowest BCUT2D eigenvalue weighted by Crippen LogP contribution is -2.41. The van der Waals surface area contributed by atoms with Crippen molar-refractivity contribution in [3.05, 3.63) is 69.3 Å². The van der Waals surface area contributed by atoms with E-state index in [1.165, 1.54) is 0 Å². The van der Waals surface area contributed by atoms with Crippen molar-refractivity contribution in [1.82, 2.24) is 15.1 Å². The van der Waals surface area contributed by atoms with Crippen molar-refractivity contribution in [2.45, 2.75) is 46.1 Å². The highest BCUT2D eigenvalue weighted by atomic mass is 35.5. The van der Waals surface area contributed by atoms with E-state index in [-0.39, 0.29) is 5.91 Å². The summed E-state index contributed by atoms with van der Waals surface area (Å²) in [6.45, 7) is 8.30. The van der Waals surface area contributed by atoms with Crippen LogP contribution in [0.25, 0.3) is 16.9 Å². The summed E-state index contributed by atoms with van der Waals surface area (Å²) in [6, 6.07) is 13.0. The fraction of sp³-hybridized carbons (Fsp3) is 0.308. The van der Waals surface area contributed by atoms with Gasteiger partial charge in [0.2, 0.25) is 0 Å². The van der Waals surface area contributed by atoms with E-state index >= 15 is 0 Å². The molecule has 2 aromatic carbocycles. The van der Waals surface area contributed by atoms with Gasteiger partial charge in [0.15, 0.2) is 5.69 Å². The number of carbonyl (C=O) groups excluding carboxylic acids is 1. The highest BCUT2D eigenvalue weighted by molar-refractivity contribution is 6.32. The fourth-order valence-electron chi connectivity index (χ4n) is 3.34. The van der Waals surface area contributed by atoms with Gasteiger partial charge < -0.3 is 11.1 Å². The number of nitrogens with one attached hydrogen (secondary N) is 1. The molecule has 1 aromatic heterocycles. The smallest absolute Gasteiger partial charge is 0.272 e. The van der Waals surface area contributed by atoms with Gasteiger partial charge in [0.05, 0.1) is 16.4 Å². The molecule has 0 radical (unpaired) electrons. The number of nitrogens with zero attached hydrogens (tertiary/aromatic N) is 2. The maximum atomic E-state index is 13.0. The Hall–Kier alpha value is -2.78. The molecular formula is C26H28Cl2N4O. The van der Waals surface area contributed by atoms with Crippen LogP contribution in [0.4, 0.5) is 0 Å². The van der Waals surface area contributed by atoms with Crippen molar-refractivity contribution in [2.75, 3.05) is 6.54 Å². The average molecular weight is 483 g/mol. The Balaban J connectivity index is 2.12. The second-order valence-electron chi connectivity index (χ2n) is 8.81. The molecule has 33 heavy (non-hydrogen) atoms. The van der Waals surface area contributed by atoms with Gasteiger partial charge in [0.25, 0.3) is 5.91 Å². The van der Waals surface area contributed by atoms with Crippen molar-refractivity contribution in [3.8, 4) is 28.8 Å². The van der Waals surface area contributed by atoms with Crippen LogP contribution < -0.4 is 11.1 Å². The van der Waals surface area contributed by atoms with Gasteiger partial charge in [-0.3, -0.25) is 4.79 Å². The van der Waals surface area contributed by atoms with E-state index < -0.39 is 5.54 Å². The van der Waals surface area contributed by atoms with Crippen molar-refractivity contribution in [2.24, 2.45) is 5.73 Å². The summed E-state index contributed by atoms with van der Waals surface area (Å²) >= 11 is 12.8. The Morgan fingerprint density at radius 1 is 1.15 bits per heavy atom. The van der Waals surface area contributed by atoms with Crippen LogP contribution in [0, 0.1) is 18.8 Å². The molecule has 1 amide bonds. The third-order valence-corrected chi connectivity index (χ3v) is 5.41. The standard InChI is InChI=1S/C26H28Cl2N4O/c1-17-23(25(33)30-26(2,3)4)31-32(24(17)19-10-12-20(27)13-11-19)22-14-9-18(16-21(22)28)8-6-5-7-15-29/h9-14,16H,5,7,15,29H2,1-4H3,(H,30,33). The molecule has 0 saturated carbocycles. The van der Waals surface area contributed by atoms with Gasteiger partial charge in [-0.2, -0.15) is 5.10 Å². The number of benzene rings is 2. The summed E-state index contributed by atoms with van der Waals surface area (Å²) in [5.41, 5.74) is 9.34. The zero-order valence-electron chi connectivity index (χ0n) is 19.3. The molecule has 3 rings (SSSR count). The molecule has 0 aliphatic carbocycles. The van der Waals surface area contributed by atoms with Crippen molar-refractivity contribution in [1.29, 1.82) is 0 Å². The molecule has 0 fully saturated rings. The Bertz CT molecular complexity index is 1210. The van der Waals surface area contributed by atoms with Crippen LogP contribution in [0.5, 0.6) is 0 Å². The summed E-state index contributed by atoms with van der Waals surface area (Å²) in [5.74, 6) is 5.98. The molecule has 0 bridgehead atoms. The van der Waals surface area contributed by atoms with E-state index in [1.807, 2.05) is 70.2 Å². The minimum Gasteiger partial charge on any atom is -0.346 e. The number of aromatic nitrogens is 2.